The van der Waals surface area contributed by atoms with Crippen LogP contribution in [0.4, 0.5) is 5.82 Å². The molecule has 0 saturated carbocycles. The fourth-order valence-corrected chi connectivity index (χ4v) is 5.03. The molecule has 0 radical (unpaired) electrons. The maximum atomic E-state index is 13.3. The zero-order valence-electron chi connectivity index (χ0n) is 24.3. The quantitative estimate of drug-likeness (QED) is 0.192. The second-order valence-corrected chi connectivity index (χ2v) is 10.4. The summed E-state index contributed by atoms with van der Waals surface area (Å²) in [4.78, 5) is 27.9. The SMILES string of the molecule is CCCCCCCCCCCC(=O)N(CC)CC(=O)Nc1c(-c2ccccc2)c(C)nn1-c1ccccc1C. The average molecular weight is 531 g/mol. The van der Waals surface area contributed by atoms with Crippen molar-refractivity contribution in [2.75, 3.05) is 18.4 Å². The molecule has 0 saturated heterocycles. The Morgan fingerprint density at radius 2 is 1.44 bits per heavy atom. The minimum atomic E-state index is -0.218. The van der Waals surface area contributed by atoms with Gasteiger partial charge in [0.1, 0.15) is 5.82 Å². The van der Waals surface area contributed by atoms with Crippen molar-refractivity contribution in [2.24, 2.45) is 0 Å². The van der Waals surface area contributed by atoms with Gasteiger partial charge in [-0.1, -0.05) is 107 Å². The van der Waals surface area contributed by atoms with Crippen molar-refractivity contribution in [1.29, 1.82) is 0 Å². The summed E-state index contributed by atoms with van der Waals surface area (Å²) in [6, 6.07) is 18.0. The molecule has 0 aliphatic rings. The molecule has 0 atom stereocenters. The van der Waals surface area contributed by atoms with E-state index in [4.69, 9.17) is 5.10 Å². The third-order valence-corrected chi connectivity index (χ3v) is 7.29. The standard InChI is InChI=1S/C33H46N4O2/c1-5-7-8-9-10-11-12-13-17-24-31(39)36(6-2)25-30(38)34-33-32(28-21-15-14-16-22-28)27(4)35-37(33)29-23-19-18-20-26(29)3/h14-16,18-23H,5-13,17,24-25H2,1-4H3,(H,34,38). The number of aromatic nitrogens is 2. The molecule has 0 aliphatic heterocycles. The largest absolute Gasteiger partial charge is 0.334 e. The summed E-state index contributed by atoms with van der Waals surface area (Å²) in [6.07, 6.45) is 11.4. The lowest BCUT2D eigenvalue weighted by molar-refractivity contribution is -0.134. The third kappa shape index (κ3) is 8.81. The van der Waals surface area contributed by atoms with Gasteiger partial charge in [0, 0.05) is 18.5 Å². The number of amides is 2. The zero-order valence-corrected chi connectivity index (χ0v) is 24.3. The first-order valence-electron chi connectivity index (χ1n) is 14.7. The van der Waals surface area contributed by atoms with Crippen LogP contribution in [0, 0.1) is 13.8 Å². The first-order chi connectivity index (χ1) is 19.0. The molecule has 1 heterocycles. The number of unbranched alkanes of at least 4 members (excludes halogenated alkanes) is 8. The van der Waals surface area contributed by atoms with E-state index in [0.717, 1.165) is 40.9 Å². The van der Waals surface area contributed by atoms with Gasteiger partial charge >= 0.3 is 0 Å². The van der Waals surface area contributed by atoms with E-state index in [1.54, 1.807) is 4.90 Å². The molecule has 1 aromatic heterocycles. The van der Waals surface area contributed by atoms with Crippen molar-refractivity contribution in [3.05, 3.63) is 65.9 Å². The molecule has 0 bridgehead atoms. The van der Waals surface area contributed by atoms with Crippen LogP contribution in [0.3, 0.4) is 0 Å². The maximum absolute atomic E-state index is 13.3. The molecule has 2 aromatic carbocycles. The fourth-order valence-electron chi connectivity index (χ4n) is 5.03. The summed E-state index contributed by atoms with van der Waals surface area (Å²) in [6.45, 7) is 8.69. The molecular formula is C33H46N4O2. The Morgan fingerprint density at radius 3 is 2.08 bits per heavy atom. The molecule has 0 spiro atoms. The summed E-state index contributed by atoms with van der Waals surface area (Å²) in [5.41, 5.74) is 4.66. The topological polar surface area (TPSA) is 67.2 Å². The van der Waals surface area contributed by atoms with Gasteiger partial charge in [0.25, 0.3) is 0 Å². The van der Waals surface area contributed by atoms with Crippen LogP contribution < -0.4 is 5.32 Å². The van der Waals surface area contributed by atoms with Crippen LogP contribution in [0.15, 0.2) is 54.6 Å². The molecule has 39 heavy (non-hydrogen) atoms. The van der Waals surface area contributed by atoms with Gasteiger partial charge < -0.3 is 10.2 Å². The molecule has 0 fully saturated rings. The summed E-state index contributed by atoms with van der Waals surface area (Å²) >= 11 is 0. The van der Waals surface area contributed by atoms with E-state index in [2.05, 4.69) is 12.2 Å². The number of aryl methyl sites for hydroxylation is 2. The number of likely N-dealkylation sites (N-methyl/N-ethyl adjacent to an activating group) is 1. The lowest BCUT2D eigenvalue weighted by atomic mass is 10.1. The highest BCUT2D eigenvalue weighted by atomic mass is 16.2. The Bertz CT molecular complexity index is 1190. The molecule has 6 nitrogen and oxygen atoms in total. The van der Waals surface area contributed by atoms with E-state index in [1.165, 1.54) is 44.9 Å². The fraction of sp³-hybridized carbons (Fsp3) is 0.485. The molecular weight excluding hydrogens is 484 g/mol. The van der Waals surface area contributed by atoms with Gasteiger partial charge in [-0.2, -0.15) is 5.10 Å². The van der Waals surface area contributed by atoms with Crippen LogP contribution in [-0.4, -0.2) is 39.6 Å². The summed E-state index contributed by atoms with van der Waals surface area (Å²) in [5, 5.41) is 7.93. The van der Waals surface area contributed by atoms with Crippen LogP contribution in [0.5, 0.6) is 0 Å². The van der Waals surface area contributed by atoms with E-state index in [0.29, 0.717) is 18.8 Å². The van der Waals surface area contributed by atoms with E-state index >= 15 is 0 Å². The van der Waals surface area contributed by atoms with E-state index < -0.39 is 0 Å². The van der Waals surface area contributed by atoms with Crippen LogP contribution in [-0.2, 0) is 9.59 Å². The lowest BCUT2D eigenvalue weighted by Gasteiger charge is -2.21. The summed E-state index contributed by atoms with van der Waals surface area (Å²) < 4.78 is 1.81. The Labute approximate surface area is 234 Å². The Balaban J connectivity index is 1.65. The minimum absolute atomic E-state index is 0.0268. The number of hydrogen-bond donors (Lipinski definition) is 1. The summed E-state index contributed by atoms with van der Waals surface area (Å²) in [7, 11) is 0. The number of para-hydroxylation sites is 1. The van der Waals surface area contributed by atoms with Gasteiger partial charge in [-0.05, 0) is 44.4 Å². The number of anilines is 1. The number of benzene rings is 2. The van der Waals surface area contributed by atoms with Crippen molar-refractivity contribution < 1.29 is 9.59 Å². The first kappa shape index (κ1) is 30.1. The van der Waals surface area contributed by atoms with Crippen molar-refractivity contribution in [1.82, 2.24) is 14.7 Å². The molecule has 1 N–H and O–H groups in total. The maximum Gasteiger partial charge on any atom is 0.245 e. The molecule has 6 heteroatoms. The average Bonchev–Trinajstić information content (AvgIpc) is 3.26. The monoisotopic (exact) mass is 530 g/mol. The van der Waals surface area contributed by atoms with Gasteiger partial charge in [0.2, 0.25) is 11.8 Å². The highest BCUT2D eigenvalue weighted by Gasteiger charge is 2.22. The van der Waals surface area contributed by atoms with Crippen LogP contribution in [0.2, 0.25) is 0 Å². The Hall–Kier alpha value is -3.41. The molecule has 3 rings (SSSR count). The molecule has 2 amide bonds. The smallest absolute Gasteiger partial charge is 0.245 e. The number of rotatable bonds is 16. The van der Waals surface area contributed by atoms with Gasteiger partial charge in [-0.15, -0.1) is 0 Å². The first-order valence-corrected chi connectivity index (χ1v) is 14.7. The second-order valence-electron chi connectivity index (χ2n) is 10.4. The Kier molecular flexibility index (Phi) is 12.3. The van der Waals surface area contributed by atoms with Crippen LogP contribution >= 0.6 is 0 Å². The minimum Gasteiger partial charge on any atom is -0.334 e. The van der Waals surface area contributed by atoms with E-state index in [-0.39, 0.29) is 18.4 Å². The number of carbonyl (C=O) groups is 2. The van der Waals surface area contributed by atoms with Crippen molar-refractivity contribution >= 4 is 17.6 Å². The van der Waals surface area contributed by atoms with Crippen LogP contribution in [0.25, 0.3) is 16.8 Å². The number of hydrogen-bond acceptors (Lipinski definition) is 3. The Morgan fingerprint density at radius 1 is 0.821 bits per heavy atom. The third-order valence-electron chi connectivity index (χ3n) is 7.29. The van der Waals surface area contributed by atoms with E-state index in [1.807, 2.05) is 80.1 Å². The van der Waals surface area contributed by atoms with Gasteiger partial charge in [-0.25, -0.2) is 4.68 Å². The zero-order chi connectivity index (χ0) is 28.0. The number of nitrogens with zero attached hydrogens (tertiary/aromatic N) is 3. The van der Waals surface area contributed by atoms with Gasteiger partial charge in [0.05, 0.1) is 17.9 Å². The summed E-state index contributed by atoms with van der Waals surface area (Å²) in [5.74, 6) is 0.451. The number of nitrogens with one attached hydrogen (secondary N) is 1. The molecule has 3 aromatic rings. The highest BCUT2D eigenvalue weighted by molar-refractivity contribution is 5.98. The van der Waals surface area contributed by atoms with Gasteiger partial charge in [-0.3, -0.25) is 9.59 Å². The predicted molar refractivity (Wildman–Crippen MR) is 161 cm³/mol. The number of carbonyl (C=O) groups excluding carboxylic acids is 2. The van der Waals surface area contributed by atoms with E-state index in [9.17, 15) is 9.59 Å². The highest BCUT2D eigenvalue weighted by Crippen LogP contribution is 2.34. The normalized spacial score (nSPS) is 11.0. The molecule has 0 aliphatic carbocycles. The van der Waals surface area contributed by atoms with Crippen molar-refractivity contribution in [2.45, 2.75) is 91.9 Å². The second kappa shape index (κ2) is 15.9. The molecule has 210 valence electrons. The molecule has 0 unspecified atom stereocenters. The predicted octanol–water partition coefficient (Wildman–Crippen LogP) is 7.86. The van der Waals surface area contributed by atoms with Crippen molar-refractivity contribution in [3.63, 3.8) is 0 Å². The van der Waals surface area contributed by atoms with Crippen LogP contribution in [0.1, 0.15) is 89.3 Å². The van der Waals surface area contributed by atoms with Crippen molar-refractivity contribution in [3.8, 4) is 16.8 Å². The lowest BCUT2D eigenvalue weighted by Crippen LogP contribution is -2.38. The van der Waals surface area contributed by atoms with Gasteiger partial charge in [0.15, 0.2) is 0 Å².